The summed E-state index contributed by atoms with van der Waals surface area (Å²) in [6.45, 7) is 17.0. The van der Waals surface area contributed by atoms with Crippen molar-refractivity contribution in [3.05, 3.63) is 58.7 Å². The van der Waals surface area contributed by atoms with Gasteiger partial charge in [-0.25, -0.2) is 16.8 Å². The molecule has 0 atom stereocenters. The van der Waals surface area contributed by atoms with Gasteiger partial charge in [-0.1, -0.05) is 285 Å². The predicted molar refractivity (Wildman–Crippen MR) is 288 cm³/mol. The fraction of sp³-hybridized carbons (Fsp3) is 0.793. The van der Waals surface area contributed by atoms with Crippen LogP contribution in [-0.4, -0.2) is 63.7 Å². The third-order valence-electron chi connectivity index (χ3n) is 13.5. The fourth-order valence-electron chi connectivity index (χ4n) is 9.57. The van der Waals surface area contributed by atoms with Crippen LogP contribution >= 0.6 is 0 Å². The van der Waals surface area contributed by atoms with Crippen LogP contribution in [0.25, 0.3) is 0 Å². The summed E-state index contributed by atoms with van der Waals surface area (Å²) in [7, 11) is -8.88. The Balaban J connectivity index is 0.00000128. The van der Waals surface area contributed by atoms with E-state index in [1.54, 1.807) is 12.1 Å². The van der Waals surface area contributed by atoms with Crippen molar-refractivity contribution < 1.29 is 25.9 Å². The first-order valence-corrected chi connectivity index (χ1v) is 30.3. The van der Waals surface area contributed by atoms with Crippen molar-refractivity contribution in [2.45, 2.75) is 307 Å². The van der Waals surface area contributed by atoms with Gasteiger partial charge < -0.3 is 9.11 Å². The van der Waals surface area contributed by atoms with Crippen molar-refractivity contribution in [3.63, 3.8) is 0 Å². The van der Waals surface area contributed by atoms with Gasteiger partial charge in [-0.3, -0.25) is 0 Å². The molecule has 0 heterocycles. The Kier molecular flexibility index (Phi) is 38.8. The zero-order valence-electron chi connectivity index (χ0n) is 44.9. The van der Waals surface area contributed by atoms with Gasteiger partial charge in [0, 0.05) is 0 Å². The van der Waals surface area contributed by atoms with E-state index >= 15 is 0 Å². The van der Waals surface area contributed by atoms with Gasteiger partial charge in [0.2, 0.25) is 0 Å². The minimum absolute atomic E-state index is 0. The molecule has 0 radical (unpaired) electrons. The second-order valence-corrected chi connectivity index (χ2v) is 24.5. The summed E-state index contributed by atoms with van der Waals surface area (Å²) < 4.78 is 70.6. The predicted octanol–water partition coefficient (Wildman–Crippen LogP) is 17.8. The van der Waals surface area contributed by atoms with Crippen molar-refractivity contribution in [1.29, 1.82) is 0 Å². The number of hydrogen-bond donors (Lipinski definition) is 0. The van der Waals surface area contributed by atoms with Crippen molar-refractivity contribution in [2.24, 2.45) is 0 Å². The molecule has 0 saturated carbocycles. The molecule has 0 aliphatic carbocycles. The fourth-order valence-corrected chi connectivity index (χ4v) is 11.1. The maximum atomic E-state index is 11.8. The molecule has 2 rings (SSSR count). The van der Waals surface area contributed by atoms with E-state index in [-0.39, 0.29) is 58.4 Å². The molecule has 384 valence electrons. The monoisotopic (exact) mass is 999 g/mol. The van der Waals surface area contributed by atoms with E-state index in [4.69, 9.17) is 0 Å². The largest absolute Gasteiger partial charge is 2.00 e. The van der Waals surface area contributed by atoms with Gasteiger partial charge in [0.25, 0.3) is 0 Å². The molecule has 0 saturated heterocycles. The molecule has 0 amide bonds. The van der Waals surface area contributed by atoms with Crippen molar-refractivity contribution in [1.82, 2.24) is 0 Å². The van der Waals surface area contributed by atoms with E-state index in [9.17, 15) is 25.9 Å². The molecule has 0 aromatic heterocycles. The number of benzene rings is 2. The minimum atomic E-state index is -4.44. The molecule has 0 fully saturated rings. The molecular formula is C58H102CaO6S2. The molecule has 0 unspecified atom stereocenters. The smallest absolute Gasteiger partial charge is 0.744 e. The van der Waals surface area contributed by atoms with Gasteiger partial charge in [-0.05, 0) is 70.9 Å². The van der Waals surface area contributed by atoms with Gasteiger partial charge in [-0.15, -0.1) is 0 Å². The van der Waals surface area contributed by atoms with Gasteiger partial charge in [0.15, 0.2) is 0 Å². The van der Waals surface area contributed by atoms with Crippen molar-refractivity contribution in [3.8, 4) is 0 Å². The average Bonchev–Trinajstić information content (AvgIpc) is 3.24. The SMILES string of the molecule is CCCCCCCCCCCCCCCCCCCc1c(C(C)(C)C)cccc1S(=O)(=O)[O-].CCCCCCCCCCCCCCCCCCCc1c(C(C)(C)C)cccc1S(=O)(=O)[O-].[Ca+2]. The van der Waals surface area contributed by atoms with E-state index in [1.165, 1.54) is 205 Å². The van der Waals surface area contributed by atoms with E-state index in [2.05, 4.69) is 55.4 Å². The van der Waals surface area contributed by atoms with Crippen LogP contribution in [0.3, 0.4) is 0 Å². The minimum Gasteiger partial charge on any atom is -0.744 e. The maximum absolute atomic E-state index is 11.8. The van der Waals surface area contributed by atoms with Crippen LogP contribution in [-0.2, 0) is 43.9 Å². The Morgan fingerprint density at radius 2 is 0.537 bits per heavy atom. The molecule has 0 spiro atoms. The Labute approximate surface area is 446 Å². The molecule has 0 aliphatic heterocycles. The molecule has 0 aliphatic rings. The molecule has 9 heteroatoms. The number of rotatable bonds is 38. The molecule has 2 aromatic rings. The molecule has 0 N–H and O–H groups in total. The van der Waals surface area contributed by atoms with Crippen LogP contribution in [0.4, 0.5) is 0 Å². The number of unbranched alkanes of at least 4 members (excludes halogenated alkanes) is 32. The average molecular weight is 1000 g/mol. The molecule has 2 aromatic carbocycles. The number of hydrogen-bond acceptors (Lipinski definition) is 6. The van der Waals surface area contributed by atoms with E-state index in [0.717, 1.165) is 47.9 Å². The van der Waals surface area contributed by atoms with Crippen molar-refractivity contribution >= 4 is 58.0 Å². The summed E-state index contributed by atoms with van der Waals surface area (Å²) >= 11 is 0. The second-order valence-electron chi connectivity index (χ2n) is 21.8. The first-order chi connectivity index (χ1) is 31.4. The van der Waals surface area contributed by atoms with E-state index in [0.29, 0.717) is 12.8 Å². The summed E-state index contributed by atoms with van der Waals surface area (Å²) in [6, 6.07) is 10.3. The summed E-state index contributed by atoms with van der Waals surface area (Å²) in [5.74, 6) is 0. The molecule has 6 nitrogen and oxygen atoms in total. The van der Waals surface area contributed by atoms with Gasteiger partial charge in [0.05, 0.1) is 9.79 Å². The zero-order chi connectivity index (χ0) is 49.2. The normalized spacial score (nSPS) is 12.2. The third-order valence-corrected chi connectivity index (χ3v) is 15.3. The Morgan fingerprint density at radius 1 is 0.343 bits per heavy atom. The first kappa shape index (κ1) is 66.5. The van der Waals surface area contributed by atoms with Gasteiger partial charge in [-0.2, -0.15) is 0 Å². The summed E-state index contributed by atoms with van der Waals surface area (Å²) in [4.78, 5) is -0.0437. The summed E-state index contributed by atoms with van der Waals surface area (Å²) in [6.07, 6.45) is 46.4. The second kappa shape index (κ2) is 39.1. The molecule has 67 heavy (non-hydrogen) atoms. The van der Waals surface area contributed by atoms with Crippen molar-refractivity contribution in [2.75, 3.05) is 0 Å². The summed E-state index contributed by atoms with van der Waals surface area (Å²) in [5, 5.41) is 0. The topological polar surface area (TPSA) is 114 Å². The standard InChI is InChI=1S/2C29H52O3S.Ca/c2*1-5-6-7-8-9-10-11-12-13-14-15-16-17-18-19-20-21-23-26-27(29(2,3)4)24-22-25-28(26)33(30,31)32;/h2*22,24-25H,5-21,23H2,1-4H3,(H,30,31,32);/q;;+2/p-2. The molecular weight excluding hydrogens is 897 g/mol. The van der Waals surface area contributed by atoms with Crippen LogP contribution in [0.1, 0.15) is 296 Å². The Morgan fingerprint density at radius 3 is 0.716 bits per heavy atom. The quantitative estimate of drug-likeness (QED) is 0.0376. The van der Waals surface area contributed by atoms with Crippen LogP contribution in [0.15, 0.2) is 46.2 Å². The first-order valence-electron chi connectivity index (χ1n) is 27.5. The third kappa shape index (κ3) is 33.0. The Bertz CT molecular complexity index is 1600. The molecule has 0 bridgehead atoms. The van der Waals surface area contributed by atoms with Gasteiger partial charge >= 0.3 is 37.7 Å². The van der Waals surface area contributed by atoms with E-state index in [1.807, 2.05) is 12.1 Å². The Hall–Kier alpha value is -0.480. The zero-order valence-corrected chi connectivity index (χ0v) is 48.7. The van der Waals surface area contributed by atoms with E-state index < -0.39 is 20.2 Å². The van der Waals surface area contributed by atoms with Crippen LogP contribution in [0.2, 0.25) is 0 Å². The van der Waals surface area contributed by atoms with Crippen LogP contribution < -0.4 is 0 Å². The van der Waals surface area contributed by atoms with Crippen LogP contribution in [0, 0.1) is 0 Å². The van der Waals surface area contributed by atoms with Gasteiger partial charge in [0.1, 0.15) is 20.2 Å². The van der Waals surface area contributed by atoms with Crippen LogP contribution in [0.5, 0.6) is 0 Å². The summed E-state index contributed by atoms with van der Waals surface area (Å²) in [5.41, 5.74) is 3.09. The maximum Gasteiger partial charge on any atom is 2.00 e.